The Morgan fingerprint density at radius 3 is 2.93 bits per heavy atom. The molecule has 1 aromatic heterocycles. The molecular weight excluding hydrogens is 188 g/mol. The zero-order chi connectivity index (χ0) is 10.6. The van der Waals surface area contributed by atoms with Crippen molar-refractivity contribution in [3.63, 3.8) is 0 Å². The minimum Gasteiger partial charge on any atom is -0.380 e. The normalized spacial score (nSPS) is 18.5. The Bertz CT molecular complexity index is 296. The smallest absolute Gasteiger partial charge is 0.0554 e. The van der Waals surface area contributed by atoms with E-state index in [-0.39, 0.29) is 0 Å². The zero-order valence-electron chi connectivity index (χ0n) is 9.20. The zero-order valence-corrected chi connectivity index (χ0v) is 9.20. The lowest BCUT2D eigenvalue weighted by Gasteiger charge is -2.38. The first-order valence-electron chi connectivity index (χ1n) is 5.47. The lowest BCUT2D eigenvalue weighted by molar-refractivity contribution is -0.0988. The van der Waals surface area contributed by atoms with Crippen molar-refractivity contribution < 1.29 is 4.74 Å². The van der Waals surface area contributed by atoms with Gasteiger partial charge in [0.1, 0.15) is 0 Å². The number of rotatable bonds is 5. The van der Waals surface area contributed by atoms with Crippen molar-refractivity contribution in [3.05, 3.63) is 30.1 Å². The summed E-state index contributed by atoms with van der Waals surface area (Å²) in [6.07, 6.45) is 2.84. The SMILES string of the molecule is CC1(CNCCc2ccccn2)COC1. The fourth-order valence-electron chi connectivity index (χ4n) is 1.71. The molecule has 0 bridgehead atoms. The fraction of sp³-hybridized carbons (Fsp3) is 0.583. The van der Waals surface area contributed by atoms with E-state index in [1.165, 1.54) is 0 Å². The molecule has 15 heavy (non-hydrogen) atoms. The molecule has 1 aliphatic heterocycles. The van der Waals surface area contributed by atoms with Gasteiger partial charge in [0.05, 0.1) is 13.2 Å². The first kappa shape index (κ1) is 10.6. The summed E-state index contributed by atoms with van der Waals surface area (Å²) in [5.74, 6) is 0. The number of nitrogens with one attached hydrogen (secondary N) is 1. The van der Waals surface area contributed by atoms with Gasteiger partial charge in [-0.3, -0.25) is 4.98 Å². The van der Waals surface area contributed by atoms with Gasteiger partial charge in [0.2, 0.25) is 0 Å². The second-order valence-electron chi connectivity index (χ2n) is 4.55. The number of pyridine rings is 1. The molecule has 0 spiro atoms. The van der Waals surface area contributed by atoms with E-state index in [9.17, 15) is 0 Å². The van der Waals surface area contributed by atoms with Crippen LogP contribution in [0.2, 0.25) is 0 Å². The minimum atomic E-state index is 0.365. The molecule has 0 radical (unpaired) electrons. The van der Waals surface area contributed by atoms with Crippen molar-refractivity contribution in [2.75, 3.05) is 26.3 Å². The van der Waals surface area contributed by atoms with Gasteiger partial charge in [-0.25, -0.2) is 0 Å². The summed E-state index contributed by atoms with van der Waals surface area (Å²) in [5, 5.41) is 3.46. The molecular formula is C12H18N2O. The van der Waals surface area contributed by atoms with Crippen LogP contribution in [0.4, 0.5) is 0 Å². The summed E-state index contributed by atoms with van der Waals surface area (Å²) in [6.45, 7) is 6.07. The molecule has 1 saturated heterocycles. The Balaban J connectivity index is 1.63. The van der Waals surface area contributed by atoms with Crippen molar-refractivity contribution in [1.82, 2.24) is 10.3 Å². The van der Waals surface area contributed by atoms with Crippen molar-refractivity contribution in [3.8, 4) is 0 Å². The number of aromatic nitrogens is 1. The van der Waals surface area contributed by atoms with Gasteiger partial charge >= 0.3 is 0 Å². The molecule has 0 unspecified atom stereocenters. The Labute approximate surface area is 90.9 Å². The minimum absolute atomic E-state index is 0.365. The molecule has 1 N–H and O–H groups in total. The average Bonchev–Trinajstić information content (AvgIpc) is 2.23. The maximum atomic E-state index is 5.20. The fourth-order valence-corrected chi connectivity index (χ4v) is 1.71. The predicted octanol–water partition coefficient (Wildman–Crippen LogP) is 1.25. The van der Waals surface area contributed by atoms with Crippen LogP contribution in [-0.4, -0.2) is 31.3 Å². The molecule has 1 aliphatic rings. The molecule has 2 rings (SSSR count). The Kier molecular flexibility index (Phi) is 3.34. The number of hydrogen-bond donors (Lipinski definition) is 1. The van der Waals surface area contributed by atoms with Crippen LogP contribution in [-0.2, 0) is 11.2 Å². The third-order valence-electron chi connectivity index (χ3n) is 2.74. The van der Waals surface area contributed by atoms with E-state index in [1.807, 2.05) is 18.3 Å². The van der Waals surface area contributed by atoms with Crippen LogP contribution < -0.4 is 5.32 Å². The van der Waals surface area contributed by atoms with Gasteiger partial charge in [-0.15, -0.1) is 0 Å². The Hall–Kier alpha value is -0.930. The predicted molar refractivity (Wildman–Crippen MR) is 59.7 cm³/mol. The van der Waals surface area contributed by atoms with E-state index in [1.54, 1.807) is 0 Å². The van der Waals surface area contributed by atoms with E-state index in [0.29, 0.717) is 5.41 Å². The summed E-state index contributed by atoms with van der Waals surface area (Å²) >= 11 is 0. The van der Waals surface area contributed by atoms with E-state index in [4.69, 9.17) is 4.74 Å². The third-order valence-corrected chi connectivity index (χ3v) is 2.74. The van der Waals surface area contributed by atoms with Crippen LogP contribution in [0.3, 0.4) is 0 Å². The molecule has 0 saturated carbocycles. The van der Waals surface area contributed by atoms with Crippen LogP contribution >= 0.6 is 0 Å². The van der Waals surface area contributed by atoms with Gasteiger partial charge in [-0.05, 0) is 12.1 Å². The van der Waals surface area contributed by atoms with E-state index in [2.05, 4.69) is 23.3 Å². The van der Waals surface area contributed by atoms with Crippen molar-refractivity contribution in [2.24, 2.45) is 5.41 Å². The van der Waals surface area contributed by atoms with Crippen LogP contribution in [0.25, 0.3) is 0 Å². The highest BCUT2D eigenvalue weighted by Crippen LogP contribution is 2.24. The van der Waals surface area contributed by atoms with E-state index in [0.717, 1.165) is 38.4 Å². The van der Waals surface area contributed by atoms with Gasteiger partial charge in [-0.2, -0.15) is 0 Å². The monoisotopic (exact) mass is 206 g/mol. The van der Waals surface area contributed by atoms with Crippen LogP contribution in [0, 0.1) is 5.41 Å². The molecule has 3 heteroatoms. The Morgan fingerprint density at radius 2 is 2.33 bits per heavy atom. The maximum Gasteiger partial charge on any atom is 0.0554 e. The van der Waals surface area contributed by atoms with Crippen molar-refractivity contribution in [2.45, 2.75) is 13.3 Å². The maximum absolute atomic E-state index is 5.20. The van der Waals surface area contributed by atoms with Gasteiger partial charge in [0.25, 0.3) is 0 Å². The standard InChI is InChI=1S/C12H18N2O/c1-12(9-15-10-12)8-13-7-5-11-4-2-3-6-14-11/h2-4,6,13H,5,7-10H2,1H3. The molecule has 0 atom stereocenters. The van der Waals surface area contributed by atoms with E-state index < -0.39 is 0 Å². The molecule has 1 aromatic rings. The second kappa shape index (κ2) is 4.73. The first-order valence-corrected chi connectivity index (χ1v) is 5.47. The quantitative estimate of drug-likeness (QED) is 0.736. The molecule has 0 aromatic carbocycles. The summed E-state index contributed by atoms with van der Waals surface area (Å²) in [6, 6.07) is 6.04. The number of ether oxygens (including phenoxy) is 1. The topological polar surface area (TPSA) is 34.2 Å². The lowest BCUT2D eigenvalue weighted by atomic mass is 9.89. The molecule has 0 amide bonds. The van der Waals surface area contributed by atoms with Crippen molar-refractivity contribution in [1.29, 1.82) is 0 Å². The molecule has 0 aliphatic carbocycles. The lowest BCUT2D eigenvalue weighted by Crippen LogP contribution is -2.47. The van der Waals surface area contributed by atoms with Gasteiger partial charge in [0, 0.05) is 36.8 Å². The van der Waals surface area contributed by atoms with E-state index >= 15 is 0 Å². The average molecular weight is 206 g/mol. The second-order valence-corrected chi connectivity index (χ2v) is 4.55. The van der Waals surface area contributed by atoms with Crippen LogP contribution in [0.5, 0.6) is 0 Å². The van der Waals surface area contributed by atoms with Crippen molar-refractivity contribution >= 4 is 0 Å². The summed E-state index contributed by atoms with van der Waals surface area (Å²) in [7, 11) is 0. The van der Waals surface area contributed by atoms with Crippen LogP contribution in [0.15, 0.2) is 24.4 Å². The van der Waals surface area contributed by atoms with Gasteiger partial charge in [0.15, 0.2) is 0 Å². The van der Waals surface area contributed by atoms with Crippen LogP contribution in [0.1, 0.15) is 12.6 Å². The molecule has 82 valence electrons. The molecule has 2 heterocycles. The largest absolute Gasteiger partial charge is 0.380 e. The molecule has 1 fully saturated rings. The molecule has 3 nitrogen and oxygen atoms in total. The highest BCUT2D eigenvalue weighted by molar-refractivity contribution is 5.03. The highest BCUT2D eigenvalue weighted by atomic mass is 16.5. The van der Waals surface area contributed by atoms with Gasteiger partial charge in [-0.1, -0.05) is 13.0 Å². The van der Waals surface area contributed by atoms with Gasteiger partial charge < -0.3 is 10.1 Å². The highest BCUT2D eigenvalue weighted by Gasteiger charge is 2.32. The summed E-state index contributed by atoms with van der Waals surface area (Å²) in [4.78, 5) is 4.28. The summed E-state index contributed by atoms with van der Waals surface area (Å²) in [5.41, 5.74) is 1.52. The number of hydrogen-bond acceptors (Lipinski definition) is 3. The third kappa shape index (κ3) is 3.01. The first-order chi connectivity index (χ1) is 7.29. The summed E-state index contributed by atoms with van der Waals surface area (Å²) < 4.78 is 5.20. The Morgan fingerprint density at radius 1 is 1.47 bits per heavy atom. The number of nitrogens with zero attached hydrogens (tertiary/aromatic N) is 1.